The molecule has 190 valence electrons. The highest BCUT2D eigenvalue weighted by atomic mass is 32.1. The van der Waals surface area contributed by atoms with Gasteiger partial charge in [0.05, 0.1) is 5.69 Å². The van der Waals surface area contributed by atoms with Gasteiger partial charge >= 0.3 is 12.3 Å². The van der Waals surface area contributed by atoms with Gasteiger partial charge in [0.2, 0.25) is 0 Å². The van der Waals surface area contributed by atoms with Crippen LogP contribution >= 0.6 is 11.3 Å². The number of nitrogens with zero attached hydrogens (tertiary/aromatic N) is 2. The van der Waals surface area contributed by atoms with Crippen LogP contribution in [0, 0.1) is 6.92 Å². The molecule has 1 aliphatic heterocycles. The first-order chi connectivity index (χ1) is 16.8. The van der Waals surface area contributed by atoms with Gasteiger partial charge in [-0.25, -0.2) is 9.78 Å². The molecule has 0 saturated carbocycles. The number of aromatic nitrogens is 1. The number of alkyl halides is 3. The molecule has 7 nitrogen and oxygen atoms in total. The van der Waals surface area contributed by atoms with Crippen molar-refractivity contribution in [3.63, 3.8) is 0 Å². The molecule has 0 fully saturated rings. The summed E-state index contributed by atoms with van der Waals surface area (Å²) in [7, 11) is 0. The largest absolute Gasteiger partial charge is 0.573 e. The Morgan fingerprint density at radius 2 is 1.69 bits per heavy atom. The van der Waals surface area contributed by atoms with Crippen LogP contribution in [0.5, 0.6) is 11.5 Å². The van der Waals surface area contributed by atoms with Crippen molar-refractivity contribution in [2.75, 3.05) is 6.54 Å². The number of fused-ring (bicyclic) bond motifs is 1. The number of aliphatic carboxylic acids is 1. The van der Waals surface area contributed by atoms with E-state index in [1.54, 1.807) is 24.0 Å². The highest BCUT2D eigenvalue weighted by Gasteiger charge is 2.32. The van der Waals surface area contributed by atoms with Crippen molar-refractivity contribution in [3.8, 4) is 22.1 Å². The minimum absolute atomic E-state index is 0.198. The minimum atomic E-state index is -4.77. The summed E-state index contributed by atoms with van der Waals surface area (Å²) in [6, 6.07) is 10.7. The van der Waals surface area contributed by atoms with Crippen LogP contribution in [-0.4, -0.2) is 45.4 Å². The Kier molecular flexibility index (Phi) is 6.70. The molecular weight excluding hydrogens is 497 g/mol. The van der Waals surface area contributed by atoms with Gasteiger partial charge in [0.15, 0.2) is 5.60 Å². The van der Waals surface area contributed by atoms with E-state index in [2.05, 4.69) is 9.72 Å². The summed E-state index contributed by atoms with van der Waals surface area (Å²) >= 11 is 1.17. The molecule has 0 atom stereocenters. The van der Waals surface area contributed by atoms with E-state index in [9.17, 15) is 27.9 Å². The number of rotatable bonds is 6. The van der Waals surface area contributed by atoms with Crippen LogP contribution in [-0.2, 0) is 17.8 Å². The molecule has 4 rings (SSSR count). The third kappa shape index (κ3) is 5.62. The summed E-state index contributed by atoms with van der Waals surface area (Å²) in [5.41, 5.74) is 1.63. The van der Waals surface area contributed by atoms with E-state index in [0.29, 0.717) is 46.4 Å². The van der Waals surface area contributed by atoms with E-state index < -0.39 is 17.9 Å². The van der Waals surface area contributed by atoms with Crippen molar-refractivity contribution >= 4 is 23.2 Å². The second-order valence-electron chi connectivity index (χ2n) is 8.83. The quantitative estimate of drug-likeness (QED) is 0.465. The number of aryl methyl sites for hydroxylation is 1. The molecule has 3 aromatic rings. The van der Waals surface area contributed by atoms with Crippen LogP contribution in [0.4, 0.5) is 13.2 Å². The lowest BCUT2D eigenvalue weighted by atomic mass is 9.99. The maximum Gasteiger partial charge on any atom is 0.573 e. The Bertz CT molecular complexity index is 1300. The summed E-state index contributed by atoms with van der Waals surface area (Å²) < 4.78 is 46.7. The zero-order valence-electron chi connectivity index (χ0n) is 19.7. The summed E-state index contributed by atoms with van der Waals surface area (Å²) in [6.07, 6.45) is -4.14. The zero-order valence-corrected chi connectivity index (χ0v) is 20.5. The van der Waals surface area contributed by atoms with Crippen molar-refractivity contribution < 1.29 is 37.3 Å². The molecule has 0 spiro atoms. The molecule has 0 aliphatic carbocycles. The van der Waals surface area contributed by atoms with Crippen molar-refractivity contribution in [2.45, 2.75) is 45.7 Å². The Morgan fingerprint density at radius 1 is 1.03 bits per heavy atom. The number of carboxylic acids is 1. The SMILES string of the molecule is Cc1nc(-c2ccc(OC(F)(F)F)cc2)sc1C(=O)N1CCc2ccc(OC(C)(C)C(=O)O)cc2C1. The Balaban J connectivity index is 1.50. The van der Waals surface area contributed by atoms with Gasteiger partial charge in [-0.1, -0.05) is 6.07 Å². The molecule has 1 aromatic heterocycles. The monoisotopic (exact) mass is 520 g/mol. The van der Waals surface area contributed by atoms with Crippen molar-refractivity contribution in [1.29, 1.82) is 0 Å². The fourth-order valence-corrected chi connectivity index (χ4v) is 4.81. The fraction of sp³-hybridized carbons (Fsp3) is 0.320. The van der Waals surface area contributed by atoms with Crippen LogP contribution in [0.15, 0.2) is 42.5 Å². The molecule has 1 N–H and O–H groups in total. The predicted octanol–water partition coefficient (Wildman–Crippen LogP) is 5.46. The van der Waals surface area contributed by atoms with Crippen LogP contribution in [0.25, 0.3) is 10.6 Å². The van der Waals surface area contributed by atoms with Gasteiger partial charge in [-0.2, -0.15) is 0 Å². The number of thiazole rings is 1. The van der Waals surface area contributed by atoms with Gasteiger partial charge < -0.3 is 19.5 Å². The van der Waals surface area contributed by atoms with E-state index in [1.165, 1.54) is 49.4 Å². The maximum atomic E-state index is 13.3. The van der Waals surface area contributed by atoms with Gasteiger partial charge in [0.1, 0.15) is 21.4 Å². The van der Waals surface area contributed by atoms with Crippen molar-refractivity contribution in [2.24, 2.45) is 0 Å². The van der Waals surface area contributed by atoms with Gasteiger partial charge in [-0.3, -0.25) is 4.79 Å². The van der Waals surface area contributed by atoms with Gasteiger partial charge in [-0.15, -0.1) is 24.5 Å². The standard InChI is InChI=1S/C25H23F3N2O5S/c1-14-20(36-21(29-14)16-5-7-18(8-6-16)35-25(26,27)28)22(31)30-11-10-15-4-9-19(12-17(15)13-30)34-24(2,3)23(32)33/h4-9,12H,10-11,13H2,1-3H3,(H,32,33). The zero-order chi connectivity index (χ0) is 26.3. The number of carbonyl (C=O) groups is 2. The molecule has 0 bridgehead atoms. The number of hydrogen-bond donors (Lipinski definition) is 1. The second-order valence-corrected chi connectivity index (χ2v) is 9.83. The highest BCUT2D eigenvalue weighted by molar-refractivity contribution is 7.17. The molecule has 2 heterocycles. The molecule has 0 radical (unpaired) electrons. The van der Waals surface area contributed by atoms with Crippen molar-refractivity contribution in [1.82, 2.24) is 9.88 Å². The third-order valence-electron chi connectivity index (χ3n) is 5.69. The number of hydrogen-bond acceptors (Lipinski definition) is 6. The summed E-state index contributed by atoms with van der Waals surface area (Å²) in [4.78, 5) is 31.3. The average molecular weight is 521 g/mol. The smallest absolute Gasteiger partial charge is 0.478 e. The molecular formula is C25H23F3N2O5S. The number of halogens is 3. The molecule has 1 aliphatic rings. The molecule has 0 saturated heterocycles. The minimum Gasteiger partial charge on any atom is -0.478 e. The molecule has 11 heteroatoms. The van der Waals surface area contributed by atoms with Crippen LogP contribution in [0.1, 0.15) is 40.3 Å². The molecule has 36 heavy (non-hydrogen) atoms. The topological polar surface area (TPSA) is 89.0 Å². The fourth-order valence-electron chi connectivity index (χ4n) is 3.77. The Hall–Kier alpha value is -3.60. The first-order valence-electron chi connectivity index (χ1n) is 11.0. The van der Waals surface area contributed by atoms with E-state index in [4.69, 9.17) is 4.74 Å². The summed E-state index contributed by atoms with van der Waals surface area (Å²) in [6.45, 7) is 5.47. The molecule has 0 unspecified atom stereocenters. The van der Waals surface area contributed by atoms with Crippen LogP contribution < -0.4 is 9.47 Å². The Morgan fingerprint density at radius 3 is 2.33 bits per heavy atom. The lowest BCUT2D eigenvalue weighted by Gasteiger charge is -2.29. The van der Waals surface area contributed by atoms with Crippen LogP contribution in [0.2, 0.25) is 0 Å². The van der Waals surface area contributed by atoms with E-state index in [1.807, 2.05) is 6.07 Å². The highest BCUT2D eigenvalue weighted by Crippen LogP contribution is 2.33. The lowest BCUT2D eigenvalue weighted by molar-refractivity contribution is -0.274. The number of ether oxygens (including phenoxy) is 2. The molecule has 2 aromatic carbocycles. The number of benzene rings is 2. The lowest BCUT2D eigenvalue weighted by Crippen LogP contribution is -2.38. The third-order valence-corrected chi connectivity index (χ3v) is 6.89. The number of amides is 1. The first kappa shape index (κ1) is 25.5. The summed E-state index contributed by atoms with van der Waals surface area (Å²) in [5.74, 6) is -1.21. The number of carbonyl (C=O) groups excluding carboxylic acids is 1. The maximum absolute atomic E-state index is 13.3. The molecule has 1 amide bonds. The van der Waals surface area contributed by atoms with E-state index in [0.717, 1.165) is 11.1 Å². The van der Waals surface area contributed by atoms with Gasteiger partial charge in [0.25, 0.3) is 5.91 Å². The van der Waals surface area contributed by atoms with Gasteiger partial charge in [0, 0.05) is 18.7 Å². The number of carboxylic acid groups (broad SMARTS) is 1. The van der Waals surface area contributed by atoms with E-state index >= 15 is 0 Å². The van der Waals surface area contributed by atoms with Gasteiger partial charge in [-0.05, 0) is 74.7 Å². The Labute approximate surface area is 209 Å². The predicted molar refractivity (Wildman–Crippen MR) is 126 cm³/mol. The van der Waals surface area contributed by atoms with Crippen molar-refractivity contribution in [3.05, 3.63) is 64.2 Å². The summed E-state index contributed by atoms with van der Waals surface area (Å²) in [5, 5.41) is 9.83. The average Bonchev–Trinajstić information content (AvgIpc) is 3.18. The second kappa shape index (κ2) is 9.45. The van der Waals surface area contributed by atoms with Crippen LogP contribution in [0.3, 0.4) is 0 Å². The van der Waals surface area contributed by atoms with E-state index in [-0.39, 0.29) is 11.7 Å². The normalized spacial score (nSPS) is 13.8. The first-order valence-corrected chi connectivity index (χ1v) is 11.8.